The highest BCUT2D eigenvalue weighted by atomic mass is 16.3. The number of fused-ring (bicyclic) bond motifs is 1. The fourth-order valence-corrected chi connectivity index (χ4v) is 4.34. The molecule has 0 spiro atoms. The quantitative estimate of drug-likeness (QED) is 0.365. The Kier molecular flexibility index (Phi) is 6.63. The number of anilines is 2. The van der Waals surface area contributed by atoms with Gasteiger partial charge in [0.2, 0.25) is 0 Å². The maximum Gasteiger partial charge on any atom is 0.290 e. The van der Waals surface area contributed by atoms with Gasteiger partial charge in [-0.25, -0.2) is 9.50 Å². The zero-order valence-corrected chi connectivity index (χ0v) is 20.0. The molecule has 0 radical (unpaired) electrons. The smallest absolute Gasteiger partial charge is 0.290 e. The first kappa shape index (κ1) is 23.5. The van der Waals surface area contributed by atoms with Crippen LogP contribution in [-0.2, 0) is 11.8 Å². The Bertz CT molecular complexity index is 1370. The Morgan fingerprint density at radius 3 is 2.58 bits per heavy atom. The monoisotopic (exact) mass is 488 g/mol. The van der Waals surface area contributed by atoms with Crippen LogP contribution in [-0.4, -0.2) is 68.0 Å². The van der Waals surface area contributed by atoms with Crippen molar-refractivity contribution in [1.29, 1.82) is 0 Å². The highest BCUT2D eigenvalue weighted by molar-refractivity contribution is 6.08. The SMILES string of the molecule is Cn1nc(C2CC2)cc1NC(=O)c1cnn2cc(-c3ccc(N4CCNCC4)nc3)ccc12.O=CO. The molecule has 1 amide bonds. The molecule has 1 aliphatic heterocycles. The Hall–Kier alpha value is -4.25. The number of aromatic nitrogens is 5. The maximum absolute atomic E-state index is 13.0. The molecular weight excluding hydrogens is 460 g/mol. The van der Waals surface area contributed by atoms with E-state index in [-0.39, 0.29) is 12.4 Å². The van der Waals surface area contributed by atoms with Gasteiger partial charge < -0.3 is 20.6 Å². The molecule has 5 heterocycles. The number of pyridine rings is 2. The average molecular weight is 489 g/mol. The fraction of sp³-hybridized carbons (Fsp3) is 0.320. The van der Waals surface area contributed by atoms with E-state index in [1.54, 1.807) is 15.4 Å². The molecule has 186 valence electrons. The van der Waals surface area contributed by atoms with Gasteiger partial charge in [-0.3, -0.25) is 14.3 Å². The van der Waals surface area contributed by atoms with Gasteiger partial charge in [0.05, 0.1) is 23.0 Å². The molecular formula is C25H28N8O3. The van der Waals surface area contributed by atoms with E-state index >= 15 is 0 Å². The number of hydrogen-bond acceptors (Lipinski definition) is 7. The van der Waals surface area contributed by atoms with Crippen molar-refractivity contribution in [3.05, 3.63) is 60.2 Å². The van der Waals surface area contributed by atoms with E-state index in [0.717, 1.165) is 54.3 Å². The van der Waals surface area contributed by atoms with E-state index in [0.29, 0.717) is 17.3 Å². The van der Waals surface area contributed by atoms with Crippen LogP contribution in [0.4, 0.5) is 11.6 Å². The van der Waals surface area contributed by atoms with Crippen molar-refractivity contribution in [3.8, 4) is 11.1 Å². The molecule has 4 aromatic rings. The van der Waals surface area contributed by atoms with Gasteiger partial charge >= 0.3 is 0 Å². The molecule has 3 N–H and O–H groups in total. The maximum atomic E-state index is 13.0. The molecule has 1 saturated carbocycles. The number of nitrogens with one attached hydrogen (secondary N) is 2. The van der Waals surface area contributed by atoms with Crippen molar-refractivity contribution in [2.75, 3.05) is 36.4 Å². The third-order valence-electron chi connectivity index (χ3n) is 6.42. The Labute approximate surface area is 207 Å². The highest BCUT2D eigenvalue weighted by Gasteiger charge is 2.27. The van der Waals surface area contributed by atoms with Crippen molar-refractivity contribution in [3.63, 3.8) is 0 Å². The summed E-state index contributed by atoms with van der Waals surface area (Å²) in [5.74, 6) is 2.05. The van der Waals surface area contributed by atoms with E-state index in [2.05, 4.69) is 42.8 Å². The van der Waals surface area contributed by atoms with Gasteiger partial charge in [0, 0.05) is 68.7 Å². The predicted octanol–water partition coefficient (Wildman–Crippen LogP) is 2.37. The van der Waals surface area contributed by atoms with Crippen LogP contribution >= 0.6 is 0 Å². The van der Waals surface area contributed by atoms with Gasteiger partial charge in [-0.15, -0.1) is 0 Å². The van der Waals surface area contributed by atoms with E-state index in [1.807, 2.05) is 37.6 Å². The molecule has 0 aromatic carbocycles. The molecule has 11 nitrogen and oxygen atoms in total. The van der Waals surface area contributed by atoms with Crippen LogP contribution in [0.1, 0.15) is 34.8 Å². The summed E-state index contributed by atoms with van der Waals surface area (Å²) in [5, 5.41) is 22.2. The predicted molar refractivity (Wildman–Crippen MR) is 135 cm³/mol. The van der Waals surface area contributed by atoms with Crippen molar-refractivity contribution >= 4 is 29.5 Å². The minimum absolute atomic E-state index is 0.190. The number of carboxylic acid groups (broad SMARTS) is 1. The summed E-state index contributed by atoms with van der Waals surface area (Å²) < 4.78 is 3.47. The summed E-state index contributed by atoms with van der Waals surface area (Å²) in [5.41, 5.74) is 4.35. The van der Waals surface area contributed by atoms with Crippen molar-refractivity contribution in [2.45, 2.75) is 18.8 Å². The summed E-state index contributed by atoms with van der Waals surface area (Å²) in [6.07, 6.45) is 7.79. The Morgan fingerprint density at radius 1 is 1.14 bits per heavy atom. The lowest BCUT2D eigenvalue weighted by Crippen LogP contribution is -2.43. The van der Waals surface area contributed by atoms with Crippen molar-refractivity contribution in [1.82, 2.24) is 29.7 Å². The van der Waals surface area contributed by atoms with Crippen LogP contribution in [0, 0.1) is 0 Å². The lowest BCUT2D eigenvalue weighted by molar-refractivity contribution is -0.122. The minimum Gasteiger partial charge on any atom is -0.483 e. The van der Waals surface area contributed by atoms with Crippen molar-refractivity contribution < 1.29 is 14.7 Å². The zero-order valence-electron chi connectivity index (χ0n) is 20.0. The molecule has 0 atom stereocenters. The number of piperazine rings is 1. The first-order valence-corrected chi connectivity index (χ1v) is 11.9. The van der Waals surface area contributed by atoms with Crippen LogP contribution in [0.25, 0.3) is 16.6 Å². The number of nitrogens with zero attached hydrogens (tertiary/aromatic N) is 6. The molecule has 1 aliphatic carbocycles. The largest absolute Gasteiger partial charge is 0.483 e. The summed E-state index contributed by atoms with van der Waals surface area (Å²) in [6.45, 7) is 3.66. The second-order valence-electron chi connectivity index (χ2n) is 8.86. The number of amides is 1. The molecule has 6 rings (SSSR count). The summed E-state index contributed by atoms with van der Waals surface area (Å²) in [6, 6.07) is 10.1. The minimum atomic E-state index is -0.250. The van der Waals surface area contributed by atoms with E-state index < -0.39 is 0 Å². The van der Waals surface area contributed by atoms with Gasteiger partial charge in [0.15, 0.2) is 0 Å². The molecule has 4 aromatic heterocycles. The van der Waals surface area contributed by atoms with E-state index in [4.69, 9.17) is 9.90 Å². The van der Waals surface area contributed by atoms with Gasteiger partial charge in [-0.1, -0.05) is 6.07 Å². The Balaban J connectivity index is 0.000000848. The third kappa shape index (κ3) is 4.91. The highest BCUT2D eigenvalue weighted by Crippen LogP contribution is 2.40. The van der Waals surface area contributed by atoms with Gasteiger partial charge in [-0.05, 0) is 31.0 Å². The fourth-order valence-electron chi connectivity index (χ4n) is 4.34. The molecule has 0 unspecified atom stereocenters. The normalized spacial score (nSPS) is 15.3. The van der Waals surface area contributed by atoms with Crippen LogP contribution in [0.5, 0.6) is 0 Å². The third-order valence-corrected chi connectivity index (χ3v) is 6.42. The first-order valence-electron chi connectivity index (χ1n) is 11.9. The summed E-state index contributed by atoms with van der Waals surface area (Å²) in [7, 11) is 1.85. The number of hydrogen-bond donors (Lipinski definition) is 3. The van der Waals surface area contributed by atoms with Gasteiger partial charge in [0.1, 0.15) is 11.6 Å². The van der Waals surface area contributed by atoms with Crippen LogP contribution in [0.3, 0.4) is 0 Å². The number of carbonyl (C=O) groups excluding carboxylic acids is 1. The van der Waals surface area contributed by atoms with Crippen LogP contribution in [0.2, 0.25) is 0 Å². The molecule has 2 aliphatic rings. The molecule has 11 heteroatoms. The second kappa shape index (κ2) is 10.2. The van der Waals surface area contributed by atoms with E-state index in [9.17, 15) is 4.79 Å². The van der Waals surface area contributed by atoms with Gasteiger partial charge in [-0.2, -0.15) is 10.2 Å². The number of aryl methyl sites for hydroxylation is 1. The average Bonchev–Trinajstić information content (AvgIpc) is 3.57. The summed E-state index contributed by atoms with van der Waals surface area (Å²) >= 11 is 0. The molecule has 0 bridgehead atoms. The van der Waals surface area contributed by atoms with Crippen molar-refractivity contribution in [2.24, 2.45) is 7.05 Å². The standard InChI is InChI=1S/C24H26N8O.CH2O2/c1-30-23(12-20(29-30)16-2-3-16)28-24(33)19-14-27-32-15-18(4-6-21(19)32)17-5-7-22(26-13-17)31-10-8-25-9-11-31;2-1-3/h4-7,12-16,25H,2-3,8-11H2,1H3,(H,28,33);1H,(H,2,3). The lowest BCUT2D eigenvalue weighted by Gasteiger charge is -2.28. The second-order valence-corrected chi connectivity index (χ2v) is 8.86. The molecule has 1 saturated heterocycles. The number of carbonyl (C=O) groups is 2. The molecule has 36 heavy (non-hydrogen) atoms. The van der Waals surface area contributed by atoms with Crippen LogP contribution in [0.15, 0.2) is 48.9 Å². The number of rotatable bonds is 5. The summed E-state index contributed by atoms with van der Waals surface area (Å²) in [4.78, 5) is 28.3. The van der Waals surface area contributed by atoms with E-state index in [1.165, 1.54) is 12.8 Å². The topological polar surface area (TPSA) is 130 Å². The lowest BCUT2D eigenvalue weighted by atomic mass is 10.1. The van der Waals surface area contributed by atoms with Gasteiger partial charge in [0.25, 0.3) is 12.4 Å². The Morgan fingerprint density at radius 2 is 1.89 bits per heavy atom. The van der Waals surface area contributed by atoms with Crippen LogP contribution < -0.4 is 15.5 Å². The zero-order chi connectivity index (χ0) is 25.1. The first-order chi connectivity index (χ1) is 17.6. The molecule has 2 fully saturated rings.